The van der Waals surface area contributed by atoms with Crippen molar-refractivity contribution in [1.29, 1.82) is 0 Å². The fraction of sp³-hybridized carbons (Fsp3) is 0.0833. The van der Waals surface area contributed by atoms with Crippen LogP contribution < -0.4 is 14.2 Å². The maximum Gasteiger partial charge on any atom is 0.148 e. The predicted octanol–water partition coefficient (Wildman–Crippen LogP) is 9.14. The zero-order valence-electron chi connectivity index (χ0n) is 23.1. The van der Waals surface area contributed by atoms with Crippen molar-refractivity contribution in [2.45, 2.75) is 13.2 Å². The molecule has 0 amide bonds. The molecular weight excluding hydrogens is 588 g/mol. The van der Waals surface area contributed by atoms with Gasteiger partial charge in [0.2, 0.25) is 0 Å². The van der Waals surface area contributed by atoms with E-state index >= 15 is 0 Å². The van der Waals surface area contributed by atoms with Crippen molar-refractivity contribution in [3.63, 3.8) is 0 Å². The van der Waals surface area contributed by atoms with Crippen LogP contribution in [0.4, 0.5) is 0 Å². The number of nitrogens with zero attached hydrogens (tertiary/aromatic N) is 2. The van der Waals surface area contributed by atoms with Gasteiger partial charge in [0.05, 0.1) is 22.8 Å². The summed E-state index contributed by atoms with van der Waals surface area (Å²) in [5.74, 6) is 3.03. The summed E-state index contributed by atoms with van der Waals surface area (Å²) in [5.41, 5.74) is 5.71. The van der Waals surface area contributed by atoms with Gasteiger partial charge in [-0.05, 0) is 69.5 Å². The minimum atomic E-state index is 0.454. The molecule has 6 heteroatoms. The van der Waals surface area contributed by atoms with E-state index in [1.165, 1.54) is 0 Å². The summed E-state index contributed by atoms with van der Waals surface area (Å²) >= 11 is 3.65. The Morgan fingerprint density at radius 2 is 1.17 bits per heavy atom. The van der Waals surface area contributed by atoms with Gasteiger partial charge in [0.25, 0.3) is 0 Å². The van der Waals surface area contributed by atoms with E-state index in [0.29, 0.717) is 13.2 Å². The molecule has 0 saturated carbocycles. The molecule has 6 rings (SSSR count). The lowest BCUT2D eigenvalue weighted by atomic mass is 10.1. The highest BCUT2D eigenvalue weighted by molar-refractivity contribution is 9.10. The zero-order valence-corrected chi connectivity index (χ0v) is 24.7. The van der Waals surface area contributed by atoms with Gasteiger partial charge in [0.15, 0.2) is 0 Å². The predicted molar refractivity (Wildman–Crippen MR) is 170 cm³/mol. The normalized spacial score (nSPS) is 10.8. The Morgan fingerprint density at radius 1 is 0.619 bits per heavy atom. The average molecular weight is 618 g/mol. The van der Waals surface area contributed by atoms with Crippen molar-refractivity contribution in [3.05, 3.63) is 149 Å². The van der Waals surface area contributed by atoms with Crippen LogP contribution in [0.5, 0.6) is 17.2 Å². The Labute approximate surface area is 254 Å². The number of halogens is 1. The standard InChI is InChI=1S/C36H29BrN2O3/c1-40-35-21-20-28(22-31(35)37)39-23-32(29-16-8-10-18-33(29)41-24-26-12-4-2-5-13-26)38-36(39)30-17-9-11-19-34(30)42-25-27-14-6-3-7-15-27/h2-23H,24-25H2,1H3. The van der Waals surface area contributed by atoms with Gasteiger partial charge in [-0.15, -0.1) is 0 Å². The second-order valence-corrected chi connectivity index (χ2v) is 10.5. The average Bonchev–Trinajstić information content (AvgIpc) is 3.49. The first-order valence-corrected chi connectivity index (χ1v) is 14.4. The van der Waals surface area contributed by atoms with Crippen molar-refractivity contribution in [3.8, 4) is 45.6 Å². The number of aromatic nitrogens is 2. The van der Waals surface area contributed by atoms with E-state index in [2.05, 4.69) is 44.8 Å². The molecule has 0 radical (unpaired) electrons. The topological polar surface area (TPSA) is 45.5 Å². The molecule has 0 saturated heterocycles. The Balaban J connectivity index is 1.43. The van der Waals surface area contributed by atoms with Crippen LogP contribution in [-0.2, 0) is 13.2 Å². The summed E-state index contributed by atoms with van der Waals surface area (Å²) in [5, 5.41) is 0. The minimum absolute atomic E-state index is 0.454. The monoisotopic (exact) mass is 616 g/mol. The molecule has 0 aliphatic heterocycles. The quantitative estimate of drug-likeness (QED) is 0.154. The number of benzene rings is 5. The molecule has 0 atom stereocenters. The third-order valence-electron chi connectivity index (χ3n) is 6.88. The number of ether oxygens (including phenoxy) is 3. The lowest BCUT2D eigenvalue weighted by Crippen LogP contribution is -2.01. The summed E-state index contributed by atoms with van der Waals surface area (Å²) in [6.45, 7) is 0.919. The van der Waals surface area contributed by atoms with Gasteiger partial charge in [-0.1, -0.05) is 84.9 Å². The van der Waals surface area contributed by atoms with Crippen molar-refractivity contribution >= 4 is 15.9 Å². The molecule has 1 aromatic heterocycles. The van der Waals surface area contributed by atoms with E-state index < -0.39 is 0 Å². The van der Waals surface area contributed by atoms with E-state index in [0.717, 1.165) is 61.2 Å². The van der Waals surface area contributed by atoms with Crippen molar-refractivity contribution in [2.75, 3.05) is 7.11 Å². The first kappa shape index (κ1) is 27.4. The van der Waals surface area contributed by atoms with Gasteiger partial charge >= 0.3 is 0 Å². The van der Waals surface area contributed by atoms with Gasteiger partial charge in [0.1, 0.15) is 36.3 Å². The van der Waals surface area contributed by atoms with Crippen LogP contribution in [0.3, 0.4) is 0 Å². The number of rotatable bonds is 10. The highest BCUT2D eigenvalue weighted by atomic mass is 79.9. The SMILES string of the molecule is COc1ccc(-n2cc(-c3ccccc3OCc3ccccc3)nc2-c2ccccc2OCc2ccccc2)cc1Br. The number of hydrogen-bond donors (Lipinski definition) is 0. The van der Waals surface area contributed by atoms with Crippen LogP contribution >= 0.6 is 15.9 Å². The molecular formula is C36H29BrN2O3. The summed E-state index contributed by atoms with van der Waals surface area (Å²) in [7, 11) is 1.66. The van der Waals surface area contributed by atoms with Crippen LogP contribution in [0.2, 0.25) is 0 Å². The fourth-order valence-electron chi connectivity index (χ4n) is 4.75. The highest BCUT2D eigenvalue weighted by Gasteiger charge is 2.19. The van der Waals surface area contributed by atoms with E-state index in [1.807, 2.05) is 109 Å². The maximum absolute atomic E-state index is 6.35. The molecule has 5 nitrogen and oxygen atoms in total. The Hall–Kier alpha value is -4.81. The van der Waals surface area contributed by atoms with Crippen LogP contribution in [-0.4, -0.2) is 16.7 Å². The van der Waals surface area contributed by atoms with E-state index in [9.17, 15) is 0 Å². The number of para-hydroxylation sites is 2. The Morgan fingerprint density at radius 3 is 1.76 bits per heavy atom. The first-order valence-electron chi connectivity index (χ1n) is 13.6. The largest absolute Gasteiger partial charge is 0.496 e. The molecule has 0 aliphatic rings. The van der Waals surface area contributed by atoms with Crippen LogP contribution in [0, 0.1) is 0 Å². The summed E-state index contributed by atoms with van der Waals surface area (Å²) < 4.78 is 21.1. The van der Waals surface area contributed by atoms with Crippen molar-refractivity contribution < 1.29 is 14.2 Å². The van der Waals surface area contributed by atoms with Crippen molar-refractivity contribution in [2.24, 2.45) is 0 Å². The third kappa shape index (κ3) is 6.09. The van der Waals surface area contributed by atoms with Gasteiger partial charge in [-0.2, -0.15) is 0 Å². The molecule has 1 heterocycles. The summed E-state index contributed by atoms with van der Waals surface area (Å²) in [6.07, 6.45) is 2.04. The highest BCUT2D eigenvalue weighted by Crippen LogP contribution is 2.38. The van der Waals surface area contributed by atoms with Gasteiger partial charge in [-0.25, -0.2) is 4.98 Å². The van der Waals surface area contributed by atoms with Gasteiger partial charge < -0.3 is 14.2 Å². The Bertz CT molecular complexity index is 1790. The summed E-state index contributed by atoms with van der Waals surface area (Å²) in [4.78, 5) is 5.19. The van der Waals surface area contributed by atoms with Crippen LogP contribution in [0.1, 0.15) is 11.1 Å². The molecule has 42 heavy (non-hydrogen) atoms. The van der Waals surface area contributed by atoms with Crippen LogP contribution in [0.15, 0.2) is 138 Å². The van der Waals surface area contributed by atoms with E-state index in [-0.39, 0.29) is 0 Å². The van der Waals surface area contributed by atoms with E-state index in [4.69, 9.17) is 19.2 Å². The Kier molecular flexibility index (Phi) is 8.33. The molecule has 0 unspecified atom stereocenters. The fourth-order valence-corrected chi connectivity index (χ4v) is 5.28. The molecule has 6 aromatic rings. The molecule has 0 spiro atoms. The lowest BCUT2D eigenvalue weighted by Gasteiger charge is -2.14. The smallest absolute Gasteiger partial charge is 0.148 e. The molecule has 0 aliphatic carbocycles. The van der Waals surface area contributed by atoms with Gasteiger partial charge in [0, 0.05) is 17.4 Å². The molecule has 0 fully saturated rings. The lowest BCUT2D eigenvalue weighted by molar-refractivity contribution is 0.307. The van der Waals surface area contributed by atoms with Gasteiger partial charge in [-0.3, -0.25) is 4.57 Å². The third-order valence-corrected chi connectivity index (χ3v) is 7.50. The molecule has 0 N–H and O–H groups in total. The number of methoxy groups -OCH3 is 1. The van der Waals surface area contributed by atoms with E-state index in [1.54, 1.807) is 7.11 Å². The molecule has 208 valence electrons. The number of hydrogen-bond acceptors (Lipinski definition) is 4. The minimum Gasteiger partial charge on any atom is -0.496 e. The zero-order chi connectivity index (χ0) is 28.7. The second kappa shape index (κ2) is 12.8. The molecule has 5 aromatic carbocycles. The van der Waals surface area contributed by atoms with Crippen molar-refractivity contribution in [1.82, 2.24) is 9.55 Å². The number of imidazole rings is 1. The summed E-state index contributed by atoms with van der Waals surface area (Å²) in [6, 6.07) is 42.3. The molecule has 0 bridgehead atoms. The first-order chi connectivity index (χ1) is 20.7. The second-order valence-electron chi connectivity index (χ2n) is 9.68. The maximum atomic E-state index is 6.35. The van der Waals surface area contributed by atoms with Crippen LogP contribution in [0.25, 0.3) is 28.3 Å².